The maximum atomic E-state index is 5.49. The van der Waals surface area contributed by atoms with Crippen LogP contribution in [0.2, 0.25) is 0 Å². The Morgan fingerprint density at radius 1 is 1.40 bits per heavy atom. The average molecular weight is 143 g/mol. The minimum absolute atomic E-state index is 0.324. The fraction of sp³-hybridized carbons (Fsp3) is 1.00. The van der Waals surface area contributed by atoms with E-state index in [0.717, 1.165) is 19.6 Å². The van der Waals surface area contributed by atoms with Crippen molar-refractivity contribution in [1.29, 1.82) is 0 Å². The molecule has 58 valence electrons. The van der Waals surface area contributed by atoms with Crippen molar-refractivity contribution < 1.29 is 9.47 Å². The van der Waals surface area contributed by atoms with Gasteiger partial charge >= 0.3 is 0 Å². The van der Waals surface area contributed by atoms with Gasteiger partial charge in [-0.1, -0.05) is 0 Å². The third kappa shape index (κ3) is 0.856. The predicted molar refractivity (Wildman–Crippen MR) is 36.9 cm³/mol. The molecule has 2 saturated heterocycles. The van der Waals surface area contributed by atoms with Crippen LogP contribution < -0.4 is 5.32 Å². The Morgan fingerprint density at radius 3 is 3.10 bits per heavy atom. The molecule has 2 aliphatic rings. The molecular weight excluding hydrogens is 130 g/mol. The molecule has 0 saturated carbocycles. The summed E-state index contributed by atoms with van der Waals surface area (Å²) in [6.45, 7) is 1.68. The van der Waals surface area contributed by atoms with Gasteiger partial charge in [0.2, 0.25) is 0 Å². The van der Waals surface area contributed by atoms with Crippen molar-refractivity contribution in [3.63, 3.8) is 0 Å². The first-order valence-electron chi connectivity index (χ1n) is 3.82. The van der Waals surface area contributed by atoms with Gasteiger partial charge in [-0.2, -0.15) is 0 Å². The summed E-state index contributed by atoms with van der Waals surface area (Å²) in [5.41, 5.74) is 0. The molecule has 2 heterocycles. The molecule has 0 aromatic rings. The topological polar surface area (TPSA) is 30.5 Å². The van der Waals surface area contributed by atoms with E-state index in [2.05, 4.69) is 5.32 Å². The van der Waals surface area contributed by atoms with E-state index in [1.165, 1.54) is 0 Å². The van der Waals surface area contributed by atoms with Gasteiger partial charge in [-0.25, -0.2) is 0 Å². The normalized spacial score (nSPS) is 45.9. The Kier molecular flexibility index (Phi) is 1.64. The maximum Gasteiger partial charge on any atom is 0.101 e. The fourth-order valence-corrected chi connectivity index (χ4v) is 1.72. The van der Waals surface area contributed by atoms with E-state index in [4.69, 9.17) is 9.47 Å². The van der Waals surface area contributed by atoms with E-state index in [1.54, 1.807) is 0 Å². The molecule has 2 fully saturated rings. The molecule has 1 N–H and O–H groups in total. The van der Waals surface area contributed by atoms with Crippen molar-refractivity contribution in [1.82, 2.24) is 5.32 Å². The second kappa shape index (κ2) is 2.49. The van der Waals surface area contributed by atoms with Crippen molar-refractivity contribution in [3.05, 3.63) is 0 Å². The molecule has 0 aliphatic carbocycles. The van der Waals surface area contributed by atoms with Crippen molar-refractivity contribution in [2.24, 2.45) is 0 Å². The number of rotatable bonds is 1. The van der Waals surface area contributed by atoms with Gasteiger partial charge in [0.1, 0.15) is 6.10 Å². The van der Waals surface area contributed by atoms with Gasteiger partial charge in [0, 0.05) is 6.61 Å². The third-order valence-electron chi connectivity index (χ3n) is 2.34. The molecule has 3 atom stereocenters. The van der Waals surface area contributed by atoms with Gasteiger partial charge < -0.3 is 14.8 Å². The molecule has 3 heteroatoms. The lowest BCUT2D eigenvalue weighted by Gasteiger charge is -2.13. The van der Waals surface area contributed by atoms with Crippen molar-refractivity contribution in [3.8, 4) is 0 Å². The molecule has 0 aromatic heterocycles. The molecule has 0 bridgehead atoms. The summed E-state index contributed by atoms with van der Waals surface area (Å²) in [7, 11) is 1.96. The Hall–Kier alpha value is -0.120. The van der Waals surface area contributed by atoms with Gasteiger partial charge in [-0.05, 0) is 13.5 Å². The summed E-state index contributed by atoms with van der Waals surface area (Å²) < 4.78 is 11.0. The monoisotopic (exact) mass is 143 g/mol. The number of hydrogen-bond donors (Lipinski definition) is 1. The standard InChI is InChI=1S/C7H13NO2/c1-8-5-4-10-6-2-3-9-7(5)6/h5-8H,2-4H2,1H3/t5-,6-,7-/m1/s1. The van der Waals surface area contributed by atoms with Crippen LogP contribution in [-0.2, 0) is 9.47 Å². The zero-order valence-electron chi connectivity index (χ0n) is 6.17. The molecule has 0 amide bonds. The SMILES string of the molecule is CN[C@@H]1CO[C@@H]2CCO[C@H]12. The van der Waals surface area contributed by atoms with Crippen LogP contribution in [-0.4, -0.2) is 38.5 Å². The van der Waals surface area contributed by atoms with E-state index in [-0.39, 0.29) is 0 Å². The summed E-state index contributed by atoms with van der Waals surface area (Å²) >= 11 is 0. The summed E-state index contributed by atoms with van der Waals surface area (Å²) in [6, 6.07) is 0.424. The summed E-state index contributed by atoms with van der Waals surface area (Å²) in [5.74, 6) is 0. The largest absolute Gasteiger partial charge is 0.374 e. The van der Waals surface area contributed by atoms with Gasteiger partial charge in [0.25, 0.3) is 0 Å². The van der Waals surface area contributed by atoms with Crippen LogP contribution in [0, 0.1) is 0 Å². The quantitative estimate of drug-likeness (QED) is 0.549. The highest BCUT2D eigenvalue weighted by molar-refractivity contribution is 4.92. The summed E-state index contributed by atoms with van der Waals surface area (Å²) in [4.78, 5) is 0. The van der Waals surface area contributed by atoms with Gasteiger partial charge in [-0.3, -0.25) is 0 Å². The number of ether oxygens (including phenoxy) is 2. The first-order valence-corrected chi connectivity index (χ1v) is 3.82. The van der Waals surface area contributed by atoms with Gasteiger partial charge in [0.15, 0.2) is 0 Å². The van der Waals surface area contributed by atoms with E-state index in [0.29, 0.717) is 18.2 Å². The predicted octanol–water partition coefficient (Wildman–Crippen LogP) is -0.238. The third-order valence-corrected chi connectivity index (χ3v) is 2.34. The summed E-state index contributed by atoms with van der Waals surface area (Å²) in [6.07, 6.45) is 1.77. The minimum Gasteiger partial charge on any atom is -0.374 e. The molecule has 0 aromatic carbocycles. The maximum absolute atomic E-state index is 5.49. The second-order valence-corrected chi connectivity index (χ2v) is 2.89. The van der Waals surface area contributed by atoms with E-state index < -0.39 is 0 Å². The molecule has 3 nitrogen and oxygen atoms in total. The lowest BCUT2D eigenvalue weighted by Crippen LogP contribution is -2.37. The zero-order chi connectivity index (χ0) is 6.97. The highest BCUT2D eigenvalue weighted by Crippen LogP contribution is 2.25. The first-order chi connectivity index (χ1) is 4.92. The second-order valence-electron chi connectivity index (χ2n) is 2.89. The summed E-state index contributed by atoms with van der Waals surface area (Å²) in [5, 5.41) is 3.19. The zero-order valence-corrected chi connectivity index (χ0v) is 6.17. The van der Waals surface area contributed by atoms with E-state index >= 15 is 0 Å². The number of likely N-dealkylation sites (N-methyl/N-ethyl adjacent to an activating group) is 1. The van der Waals surface area contributed by atoms with Gasteiger partial charge in [-0.15, -0.1) is 0 Å². The number of nitrogens with one attached hydrogen (secondary N) is 1. The number of hydrogen-bond acceptors (Lipinski definition) is 3. The number of fused-ring (bicyclic) bond motifs is 1. The molecule has 0 unspecified atom stereocenters. The van der Waals surface area contributed by atoms with Crippen LogP contribution in [0.3, 0.4) is 0 Å². The fourth-order valence-electron chi connectivity index (χ4n) is 1.72. The Labute approximate surface area is 60.7 Å². The van der Waals surface area contributed by atoms with E-state index in [1.807, 2.05) is 7.05 Å². The Bertz CT molecular complexity index is 129. The van der Waals surface area contributed by atoms with Crippen LogP contribution in [0.1, 0.15) is 6.42 Å². The highest BCUT2D eigenvalue weighted by atomic mass is 16.6. The van der Waals surface area contributed by atoms with E-state index in [9.17, 15) is 0 Å². The van der Waals surface area contributed by atoms with Crippen LogP contribution in [0.4, 0.5) is 0 Å². The molecule has 10 heavy (non-hydrogen) atoms. The molecular formula is C7H13NO2. The first kappa shape index (κ1) is 6.58. The van der Waals surface area contributed by atoms with Crippen LogP contribution >= 0.6 is 0 Å². The van der Waals surface area contributed by atoms with Crippen LogP contribution in [0.5, 0.6) is 0 Å². The lowest BCUT2D eigenvalue weighted by atomic mass is 10.1. The van der Waals surface area contributed by atoms with Crippen LogP contribution in [0.15, 0.2) is 0 Å². The molecule has 2 rings (SSSR count). The van der Waals surface area contributed by atoms with Crippen LogP contribution in [0.25, 0.3) is 0 Å². The smallest absolute Gasteiger partial charge is 0.101 e. The molecule has 0 radical (unpaired) electrons. The van der Waals surface area contributed by atoms with Gasteiger partial charge in [0.05, 0.1) is 18.8 Å². The minimum atomic E-state index is 0.324. The highest BCUT2D eigenvalue weighted by Gasteiger charge is 2.40. The average Bonchev–Trinajstić information content (AvgIpc) is 2.44. The van der Waals surface area contributed by atoms with Crippen molar-refractivity contribution >= 4 is 0 Å². The Morgan fingerprint density at radius 2 is 2.30 bits per heavy atom. The van der Waals surface area contributed by atoms with Crippen molar-refractivity contribution in [2.75, 3.05) is 20.3 Å². The Balaban J connectivity index is 2.01. The van der Waals surface area contributed by atoms with Crippen molar-refractivity contribution in [2.45, 2.75) is 24.7 Å². The molecule has 2 aliphatic heterocycles. The molecule has 0 spiro atoms. The lowest BCUT2D eigenvalue weighted by molar-refractivity contribution is 0.0689.